The van der Waals surface area contributed by atoms with E-state index in [1.54, 1.807) is 17.1 Å². The van der Waals surface area contributed by atoms with E-state index in [4.69, 9.17) is 0 Å². The molecule has 2 fully saturated rings. The number of rotatable bonds is 38. The molecule has 1 saturated carbocycles. The maximum absolute atomic E-state index is 13.7. The average molecular weight is 926 g/mol. The molecule has 0 spiro atoms. The lowest BCUT2D eigenvalue weighted by atomic mass is 9.61. The molecule has 8 heteroatoms. The van der Waals surface area contributed by atoms with Crippen molar-refractivity contribution >= 4 is 35.6 Å². The number of unbranched alkanes of at least 4 members (excludes halogenated alkanes) is 21. The minimum atomic E-state index is -0.706. The fourth-order valence-corrected chi connectivity index (χ4v) is 11.7. The summed E-state index contributed by atoms with van der Waals surface area (Å²) in [7, 11) is 0. The molecule has 67 heavy (non-hydrogen) atoms. The van der Waals surface area contributed by atoms with Crippen LogP contribution in [0, 0.1) is 23.7 Å². The molecule has 5 atom stereocenters. The first-order valence-corrected chi connectivity index (χ1v) is 28.2. The standard InChI is InChI=1S/C59H95N3O5/c1-4-7-10-13-19-28-37-52-50(35-26-11-8-5-2)40-41-51(36-27-18-14-16-21-31-46-61-56(64)43-44-57(61)65)53(52)38-29-20-15-17-22-32-47-62-58(66)48-54(59(62)67)60(45-30-12-9-6-3)55(63)42-39-49-33-24-23-25-34-49/h23-25,33-34,39,42-44,50-54H,4-22,26-32,35-38,40-41,45-48H2,1-3H3/b42-39+. The predicted octanol–water partition coefficient (Wildman–Crippen LogP) is 14.6. The third-order valence-electron chi connectivity index (χ3n) is 15.6. The van der Waals surface area contributed by atoms with Gasteiger partial charge in [0.25, 0.3) is 17.7 Å². The van der Waals surface area contributed by atoms with Crippen LogP contribution in [0.25, 0.3) is 6.08 Å². The molecule has 1 aromatic carbocycles. The molecular weight excluding hydrogens is 831 g/mol. The van der Waals surface area contributed by atoms with Crippen LogP contribution in [-0.4, -0.2) is 69.9 Å². The Labute approximate surface area is 408 Å². The van der Waals surface area contributed by atoms with Gasteiger partial charge in [0.1, 0.15) is 6.04 Å². The molecule has 5 amide bonds. The van der Waals surface area contributed by atoms with Crippen LogP contribution in [-0.2, 0) is 24.0 Å². The van der Waals surface area contributed by atoms with Crippen molar-refractivity contribution in [3.8, 4) is 0 Å². The predicted molar refractivity (Wildman–Crippen MR) is 277 cm³/mol. The second-order valence-corrected chi connectivity index (χ2v) is 20.8. The zero-order valence-electron chi connectivity index (χ0n) is 42.9. The van der Waals surface area contributed by atoms with Gasteiger partial charge in [0.15, 0.2) is 0 Å². The van der Waals surface area contributed by atoms with E-state index in [0.29, 0.717) is 19.6 Å². The van der Waals surface area contributed by atoms with Crippen molar-refractivity contribution in [2.24, 2.45) is 23.7 Å². The van der Waals surface area contributed by atoms with E-state index < -0.39 is 6.04 Å². The van der Waals surface area contributed by atoms with Crippen LogP contribution < -0.4 is 0 Å². The average Bonchev–Trinajstić information content (AvgIpc) is 3.81. The molecule has 3 aliphatic rings. The largest absolute Gasteiger partial charge is 0.327 e. The summed E-state index contributed by atoms with van der Waals surface area (Å²) in [5.41, 5.74) is 0.934. The number of carbonyl (C=O) groups excluding carboxylic acids is 5. The van der Waals surface area contributed by atoms with Gasteiger partial charge in [-0.25, -0.2) is 0 Å². The molecule has 0 bridgehead atoms. The number of nitrogens with zero attached hydrogens (tertiary/aromatic N) is 3. The van der Waals surface area contributed by atoms with Gasteiger partial charge in [-0.2, -0.15) is 0 Å². The Morgan fingerprint density at radius 1 is 0.537 bits per heavy atom. The topological polar surface area (TPSA) is 95.1 Å². The quantitative estimate of drug-likeness (QED) is 0.0374. The van der Waals surface area contributed by atoms with Crippen molar-refractivity contribution in [3.63, 3.8) is 0 Å². The Morgan fingerprint density at radius 2 is 0.970 bits per heavy atom. The summed E-state index contributed by atoms with van der Waals surface area (Å²) in [6.45, 7) is 8.29. The van der Waals surface area contributed by atoms with Gasteiger partial charge >= 0.3 is 0 Å². The Morgan fingerprint density at radius 3 is 1.49 bits per heavy atom. The van der Waals surface area contributed by atoms with E-state index in [0.717, 1.165) is 87.0 Å². The molecule has 1 aromatic rings. The highest BCUT2D eigenvalue weighted by Gasteiger charge is 2.43. The number of amides is 5. The second-order valence-electron chi connectivity index (χ2n) is 20.8. The maximum atomic E-state index is 13.7. The van der Waals surface area contributed by atoms with Gasteiger partial charge in [0, 0.05) is 37.9 Å². The molecular formula is C59H95N3O5. The third-order valence-corrected chi connectivity index (χ3v) is 15.6. The molecule has 8 nitrogen and oxygen atoms in total. The van der Waals surface area contributed by atoms with Gasteiger partial charge in [-0.3, -0.25) is 33.8 Å². The molecule has 0 N–H and O–H groups in total. The number of benzene rings is 1. The first-order valence-electron chi connectivity index (χ1n) is 28.2. The van der Waals surface area contributed by atoms with E-state index in [-0.39, 0.29) is 36.0 Å². The molecule has 0 radical (unpaired) electrons. The minimum Gasteiger partial charge on any atom is -0.327 e. The van der Waals surface area contributed by atoms with E-state index in [1.165, 1.54) is 170 Å². The fraction of sp³-hybridized carbons (Fsp3) is 0.746. The summed E-state index contributed by atoms with van der Waals surface area (Å²) in [6.07, 6.45) is 46.1. The lowest BCUT2D eigenvalue weighted by Gasteiger charge is -2.44. The minimum absolute atomic E-state index is 0.0878. The molecule has 2 heterocycles. The Hall–Kier alpha value is -3.55. The molecule has 4 rings (SSSR count). The van der Waals surface area contributed by atoms with Gasteiger partial charge in [0.05, 0.1) is 6.42 Å². The first kappa shape index (κ1) is 56.0. The second kappa shape index (κ2) is 33.9. The lowest BCUT2D eigenvalue weighted by molar-refractivity contribution is -0.142. The molecule has 2 aliphatic heterocycles. The molecule has 1 saturated heterocycles. The summed E-state index contributed by atoms with van der Waals surface area (Å²) < 4.78 is 0. The normalized spacial score (nSPS) is 20.9. The van der Waals surface area contributed by atoms with Crippen molar-refractivity contribution in [2.45, 2.75) is 239 Å². The van der Waals surface area contributed by atoms with Crippen molar-refractivity contribution in [3.05, 3.63) is 54.1 Å². The van der Waals surface area contributed by atoms with E-state index in [9.17, 15) is 24.0 Å². The van der Waals surface area contributed by atoms with Gasteiger partial charge in [-0.1, -0.05) is 212 Å². The zero-order valence-corrected chi connectivity index (χ0v) is 42.9. The van der Waals surface area contributed by atoms with Gasteiger partial charge in [-0.05, 0) is 80.3 Å². The van der Waals surface area contributed by atoms with Gasteiger partial charge in [0.2, 0.25) is 11.8 Å². The van der Waals surface area contributed by atoms with E-state index in [1.807, 2.05) is 30.3 Å². The Balaban J connectivity index is 1.25. The lowest BCUT2D eigenvalue weighted by Crippen LogP contribution is -2.45. The first-order chi connectivity index (χ1) is 32.8. The van der Waals surface area contributed by atoms with Crippen molar-refractivity contribution in [2.75, 3.05) is 19.6 Å². The van der Waals surface area contributed by atoms with Crippen LogP contribution >= 0.6 is 0 Å². The zero-order chi connectivity index (χ0) is 47.9. The highest BCUT2D eigenvalue weighted by atomic mass is 16.2. The molecule has 0 aromatic heterocycles. The van der Waals surface area contributed by atoms with Crippen LogP contribution in [0.1, 0.15) is 238 Å². The summed E-state index contributed by atoms with van der Waals surface area (Å²) in [6, 6.07) is 9.03. The molecule has 1 aliphatic carbocycles. The highest BCUT2D eigenvalue weighted by Crippen LogP contribution is 2.48. The maximum Gasteiger partial charge on any atom is 0.253 e. The van der Waals surface area contributed by atoms with Crippen molar-refractivity contribution < 1.29 is 24.0 Å². The number of likely N-dealkylation sites (tertiary alicyclic amines) is 1. The third kappa shape index (κ3) is 20.5. The van der Waals surface area contributed by atoms with E-state index in [2.05, 4.69) is 20.8 Å². The monoisotopic (exact) mass is 926 g/mol. The summed E-state index contributed by atoms with van der Waals surface area (Å²) in [5.74, 6) is 2.59. The smallest absolute Gasteiger partial charge is 0.253 e. The summed E-state index contributed by atoms with van der Waals surface area (Å²) in [4.78, 5) is 68.8. The van der Waals surface area contributed by atoms with Crippen LogP contribution in [0.2, 0.25) is 0 Å². The van der Waals surface area contributed by atoms with E-state index >= 15 is 0 Å². The number of hydrogen-bond acceptors (Lipinski definition) is 5. The van der Waals surface area contributed by atoms with Crippen LogP contribution in [0.4, 0.5) is 0 Å². The Kier molecular flexibility index (Phi) is 28.3. The fourth-order valence-electron chi connectivity index (χ4n) is 11.7. The van der Waals surface area contributed by atoms with Crippen LogP contribution in [0.5, 0.6) is 0 Å². The van der Waals surface area contributed by atoms with Crippen LogP contribution in [0.15, 0.2) is 48.6 Å². The van der Waals surface area contributed by atoms with Crippen molar-refractivity contribution in [1.82, 2.24) is 14.7 Å². The Bertz CT molecular complexity index is 1610. The van der Waals surface area contributed by atoms with Gasteiger partial charge in [-0.15, -0.1) is 0 Å². The number of carbonyl (C=O) groups is 5. The van der Waals surface area contributed by atoms with Crippen molar-refractivity contribution in [1.29, 1.82) is 0 Å². The number of hydrogen-bond donors (Lipinski definition) is 0. The van der Waals surface area contributed by atoms with Gasteiger partial charge < -0.3 is 4.90 Å². The summed E-state index contributed by atoms with van der Waals surface area (Å²) >= 11 is 0. The SMILES string of the molecule is CCCCCCCCC1C(CCCCCC)CCC(CCCCCCCCN2C(=O)C=CC2=O)C1CCCCCCCCN1C(=O)CC(N(CCCCCC)C(=O)/C=C/c2ccccc2)C1=O. The molecule has 376 valence electrons. The summed E-state index contributed by atoms with van der Waals surface area (Å²) in [5, 5.41) is 0. The number of imide groups is 2. The van der Waals surface area contributed by atoms with Crippen LogP contribution in [0.3, 0.4) is 0 Å². The highest BCUT2D eigenvalue weighted by molar-refractivity contribution is 6.12. The molecule has 5 unspecified atom stereocenters.